The lowest BCUT2D eigenvalue weighted by atomic mass is 9.95. The molecule has 3 rings (SSSR count). The van der Waals surface area contributed by atoms with Crippen molar-refractivity contribution in [1.29, 1.82) is 0 Å². The molecule has 0 spiro atoms. The van der Waals surface area contributed by atoms with Crippen molar-refractivity contribution in [2.75, 3.05) is 14.2 Å². The number of ether oxygens (including phenoxy) is 4. The van der Waals surface area contributed by atoms with Gasteiger partial charge in [0, 0.05) is 5.56 Å². The van der Waals surface area contributed by atoms with Crippen molar-refractivity contribution in [2.24, 2.45) is 0 Å². The summed E-state index contributed by atoms with van der Waals surface area (Å²) in [7, 11) is 2.86. The highest BCUT2D eigenvalue weighted by atomic mass is 19.4. The summed E-state index contributed by atoms with van der Waals surface area (Å²) in [5.74, 6) is 5.86. The molecule has 0 amide bonds. The summed E-state index contributed by atoms with van der Waals surface area (Å²) in [5, 5.41) is 0. The maximum absolute atomic E-state index is 12.3. The number of carbonyl (C=O) groups excluding carboxylic acids is 1. The largest absolute Gasteiger partial charge is 0.573 e. The Hall–Kier alpha value is -3.34. The van der Waals surface area contributed by atoms with Crippen LogP contribution < -0.4 is 14.2 Å². The molecule has 0 radical (unpaired) electrons. The summed E-state index contributed by atoms with van der Waals surface area (Å²) in [4.78, 5) is 12.0. The van der Waals surface area contributed by atoms with E-state index in [0.717, 1.165) is 31.2 Å². The van der Waals surface area contributed by atoms with Gasteiger partial charge in [-0.3, -0.25) is 4.79 Å². The number of benzene rings is 2. The van der Waals surface area contributed by atoms with E-state index in [9.17, 15) is 18.0 Å². The van der Waals surface area contributed by atoms with E-state index in [2.05, 4.69) is 16.6 Å². The molecule has 5 nitrogen and oxygen atoms in total. The lowest BCUT2D eigenvalue weighted by Gasteiger charge is -2.18. The molecule has 1 saturated carbocycles. The Bertz CT molecular complexity index is 999. The molecular formula is C25H25F3O5. The molecule has 1 fully saturated rings. The molecule has 0 heterocycles. The normalized spacial score (nSPS) is 14.7. The summed E-state index contributed by atoms with van der Waals surface area (Å²) < 4.78 is 57.3. The summed E-state index contributed by atoms with van der Waals surface area (Å²) in [6, 6.07) is 10.6. The van der Waals surface area contributed by atoms with Crippen molar-refractivity contribution >= 4 is 5.97 Å². The van der Waals surface area contributed by atoms with Crippen LogP contribution >= 0.6 is 0 Å². The smallest absolute Gasteiger partial charge is 0.493 e. The monoisotopic (exact) mass is 462 g/mol. The maximum Gasteiger partial charge on any atom is 0.573 e. The van der Waals surface area contributed by atoms with Crippen LogP contribution in [0.2, 0.25) is 0 Å². The van der Waals surface area contributed by atoms with Gasteiger partial charge in [-0.2, -0.15) is 0 Å². The minimum Gasteiger partial charge on any atom is -0.493 e. The molecular weight excluding hydrogens is 437 g/mol. The fourth-order valence-corrected chi connectivity index (χ4v) is 3.60. The van der Waals surface area contributed by atoms with Crippen LogP contribution in [0.1, 0.15) is 49.1 Å². The second-order valence-corrected chi connectivity index (χ2v) is 7.61. The van der Waals surface area contributed by atoms with Gasteiger partial charge < -0.3 is 18.9 Å². The van der Waals surface area contributed by atoms with Crippen LogP contribution in [-0.2, 0) is 9.53 Å². The molecule has 8 heteroatoms. The zero-order valence-electron chi connectivity index (χ0n) is 18.4. The van der Waals surface area contributed by atoms with E-state index in [1.54, 1.807) is 13.2 Å². The molecule has 176 valence electrons. The average Bonchev–Trinajstić information content (AvgIpc) is 3.29. The molecule has 1 atom stereocenters. The van der Waals surface area contributed by atoms with Crippen LogP contribution in [-0.4, -0.2) is 32.7 Å². The molecule has 1 aliphatic carbocycles. The first-order valence-electron chi connectivity index (χ1n) is 10.6. The number of rotatable bonds is 7. The summed E-state index contributed by atoms with van der Waals surface area (Å²) in [6.45, 7) is 0. The summed E-state index contributed by atoms with van der Waals surface area (Å²) >= 11 is 0. The molecule has 0 saturated heterocycles. The zero-order valence-corrected chi connectivity index (χ0v) is 18.4. The average molecular weight is 462 g/mol. The van der Waals surface area contributed by atoms with E-state index in [-0.39, 0.29) is 18.3 Å². The minimum atomic E-state index is -4.76. The molecule has 2 aromatic rings. The van der Waals surface area contributed by atoms with Gasteiger partial charge in [0.1, 0.15) is 5.75 Å². The van der Waals surface area contributed by atoms with Crippen LogP contribution in [0.4, 0.5) is 13.2 Å². The molecule has 0 N–H and O–H groups in total. The Morgan fingerprint density at radius 1 is 1.06 bits per heavy atom. The third-order valence-corrected chi connectivity index (χ3v) is 5.26. The topological polar surface area (TPSA) is 54.0 Å². The second kappa shape index (κ2) is 11.0. The second-order valence-electron chi connectivity index (χ2n) is 7.61. The number of hydrogen-bond donors (Lipinski definition) is 0. The standard InChI is InChI=1S/C25H25F3O5/c1-30-22-14-11-18(15-23(22)32-20-5-3-4-6-20)19(16-24(29)31-2)10-7-17-8-12-21(13-9-17)33-25(26,27)28/h8-9,11-15,19-20H,3-6,16H2,1-2H3/t19-/m0/s1. The zero-order chi connectivity index (χ0) is 23.8. The third-order valence-electron chi connectivity index (χ3n) is 5.26. The van der Waals surface area contributed by atoms with E-state index in [1.165, 1.54) is 31.4 Å². The molecule has 2 aromatic carbocycles. The van der Waals surface area contributed by atoms with Gasteiger partial charge in [0.2, 0.25) is 0 Å². The Morgan fingerprint density at radius 3 is 2.36 bits per heavy atom. The van der Waals surface area contributed by atoms with Crippen LogP contribution in [0.5, 0.6) is 17.2 Å². The number of alkyl halides is 3. The first-order chi connectivity index (χ1) is 15.8. The van der Waals surface area contributed by atoms with Crippen molar-refractivity contribution in [2.45, 2.75) is 50.5 Å². The van der Waals surface area contributed by atoms with Gasteiger partial charge in [-0.15, -0.1) is 13.2 Å². The first kappa shape index (κ1) is 24.3. The van der Waals surface area contributed by atoms with E-state index in [1.807, 2.05) is 12.1 Å². The van der Waals surface area contributed by atoms with Crippen LogP contribution in [0, 0.1) is 11.8 Å². The molecule has 33 heavy (non-hydrogen) atoms. The van der Waals surface area contributed by atoms with E-state index in [0.29, 0.717) is 17.1 Å². The van der Waals surface area contributed by atoms with Crippen molar-refractivity contribution in [3.8, 4) is 29.1 Å². The quantitative estimate of drug-likeness (QED) is 0.395. The number of hydrogen-bond acceptors (Lipinski definition) is 5. The van der Waals surface area contributed by atoms with Gasteiger partial charge in [-0.05, 0) is 67.6 Å². The number of esters is 1. The highest BCUT2D eigenvalue weighted by molar-refractivity contribution is 5.71. The van der Waals surface area contributed by atoms with Gasteiger partial charge in [0.15, 0.2) is 11.5 Å². The Balaban J connectivity index is 1.85. The lowest BCUT2D eigenvalue weighted by molar-refractivity contribution is -0.274. The molecule has 0 unspecified atom stereocenters. The maximum atomic E-state index is 12.3. The van der Waals surface area contributed by atoms with Crippen molar-refractivity contribution < 1.29 is 36.9 Å². The molecule has 1 aliphatic rings. The predicted octanol–water partition coefficient (Wildman–Crippen LogP) is 5.61. The fraction of sp³-hybridized carbons (Fsp3) is 0.400. The Morgan fingerprint density at radius 2 is 1.76 bits per heavy atom. The van der Waals surface area contributed by atoms with Crippen LogP contribution in [0.25, 0.3) is 0 Å². The summed E-state index contributed by atoms with van der Waals surface area (Å²) in [5.41, 5.74) is 1.23. The molecule has 0 aromatic heterocycles. The van der Waals surface area contributed by atoms with Gasteiger partial charge in [0.05, 0.1) is 32.7 Å². The van der Waals surface area contributed by atoms with Crippen LogP contribution in [0.15, 0.2) is 42.5 Å². The predicted molar refractivity (Wildman–Crippen MR) is 115 cm³/mol. The Kier molecular flexibility index (Phi) is 8.10. The lowest BCUT2D eigenvalue weighted by Crippen LogP contribution is -2.16. The molecule has 0 aliphatic heterocycles. The highest BCUT2D eigenvalue weighted by Crippen LogP contribution is 2.35. The highest BCUT2D eigenvalue weighted by Gasteiger charge is 2.31. The number of carbonyl (C=O) groups is 1. The minimum absolute atomic E-state index is 0.00790. The number of methoxy groups -OCH3 is 2. The summed E-state index contributed by atoms with van der Waals surface area (Å²) in [6.07, 6.45) is -0.429. The van der Waals surface area contributed by atoms with Crippen LogP contribution in [0.3, 0.4) is 0 Å². The van der Waals surface area contributed by atoms with Gasteiger partial charge >= 0.3 is 12.3 Å². The third kappa shape index (κ3) is 7.35. The first-order valence-corrected chi connectivity index (χ1v) is 10.6. The van der Waals surface area contributed by atoms with E-state index >= 15 is 0 Å². The van der Waals surface area contributed by atoms with E-state index in [4.69, 9.17) is 14.2 Å². The molecule has 0 bridgehead atoms. The van der Waals surface area contributed by atoms with Crippen molar-refractivity contribution in [3.05, 3.63) is 53.6 Å². The number of halogens is 3. The SMILES string of the molecule is COC(=O)C[C@H](C#Cc1ccc(OC(F)(F)F)cc1)c1ccc(OC)c(OC2CCCC2)c1. The van der Waals surface area contributed by atoms with E-state index < -0.39 is 18.2 Å². The van der Waals surface area contributed by atoms with Gasteiger partial charge in [-0.1, -0.05) is 17.9 Å². The Labute approximate surface area is 190 Å². The van der Waals surface area contributed by atoms with Crippen molar-refractivity contribution in [1.82, 2.24) is 0 Å². The fourth-order valence-electron chi connectivity index (χ4n) is 3.60. The van der Waals surface area contributed by atoms with Gasteiger partial charge in [0.25, 0.3) is 0 Å². The van der Waals surface area contributed by atoms with Gasteiger partial charge in [-0.25, -0.2) is 0 Å². The van der Waals surface area contributed by atoms with Crippen molar-refractivity contribution in [3.63, 3.8) is 0 Å².